The Kier molecular flexibility index (Phi) is 8.44. The molecule has 1 amide bonds. The third-order valence-corrected chi connectivity index (χ3v) is 5.03. The minimum atomic E-state index is -0.905. The maximum atomic E-state index is 12.8. The van der Waals surface area contributed by atoms with Crippen LogP contribution in [0.4, 0.5) is 0 Å². The molecule has 1 aromatic carbocycles. The number of carboxylic acid groups (broad SMARTS) is 1. The van der Waals surface area contributed by atoms with Crippen LogP contribution >= 0.6 is 0 Å². The summed E-state index contributed by atoms with van der Waals surface area (Å²) in [5, 5.41) is 12.2. The second-order valence-corrected chi connectivity index (χ2v) is 7.14. The van der Waals surface area contributed by atoms with Crippen molar-refractivity contribution in [2.24, 2.45) is 0 Å². The Labute approximate surface area is 166 Å². The van der Waals surface area contributed by atoms with Crippen molar-refractivity contribution in [3.05, 3.63) is 35.9 Å². The van der Waals surface area contributed by atoms with E-state index in [1.54, 1.807) is 18.7 Å². The van der Waals surface area contributed by atoms with Gasteiger partial charge < -0.3 is 14.7 Å². The number of benzene rings is 1. The van der Waals surface area contributed by atoms with Crippen molar-refractivity contribution in [3.63, 3.8) is 0 Å². The number of aliphatic carboxylic acids is 1. The first-order valence-corrected chi connectivity index (χ1v) is 9.91. The molecule has 28 heavy (non-hydrogen) atoms. The number of carbonyl (C=O) groups excluding carboxylic acids is 2. The zero-order chi connectivity index (χ0) is 20.5. The molecule has 2 N–H and O–H groups in total. The summed E-state index contributed by atoms with van der Waals surface area (Å²) < 4.78 is 5.17. The van der Waals surface area contributed by atoms with Crippen molar-refractivity contribution in [2.75, 3.05) is 13.2 Å². The Morgan fingerprint density at radius 1 is 1.29 bits per heavy atom. The molecule has 1 fully saturated rings. The van der Waals surface area contributed by atoms with E-state index < -0.39 is 18.1 Å². The van der Waals surface area contributed by atoms with Crippen LogP contribution in [0.2, 0.25) is 0 Å². The highest BCUT2D eigenvalue weighted by Gasteiger charge is 2.34. The van der Waals surface area contributed by atoms with Gasteiger partial charge in [0.15, 0.2) is 0 Å². The molecule has 7 heteroatoms. The molecule has 154 valence electrons. The summed E-state index contributed by atoms with van der Waals surface area (Å²) in [6.45, 7) is 4.29. The van der Waals surface area contributed by atoms with Crippen LogP contribution in [0.25, 0.3) is 0 Å². The number of nitrogens with zero attached hydrogens (tertiary/aromatic N) is 1. The average molecular weight is 390 g/mol. The molecule has 7 nitrogen and oxygen atoms in total. The van der Waals surface area contributed by atoms with Gasteiger partial charge in [-0.3, -0.25) is 19.7 Å². The van der Waals surface area contributed by atoms with E-state index in [9.17, 15) is 14.4 Å². The SMILES string of the molecule is CCOC(=O)[C@H](CCc1ccccc1)N[C@@H](C)C(=O)N1CCC[C@H]1CC(=O)O. The molecule has 0 saturated carbocycles. The number of ether oxygens (including phenoxy) is 1. The summed E-state index contributed by atoms with van der Waals surface area (Å²) in [6, 6.07) is 8.36. The van der Waals surface area contributed by atoms with Crippen LogP contribution in [-0.4, -0.2) is 59.1 Å². The van der Waals surface area contributed by atoms with Crippen LogP contribution in [0.3, 0.4) is 0 Å². The number of hydrogen-bond donors (Lipinski definition) is 2. The van der Waals surface area contributed by atoms with Crippen molar-refractivity contribution < 1.29 is 24.2 Å². The lowest BCUT2D eigenvalue weighted by Crippen LogP contribution is -2.52. The highest BCUT2D eigenvalue weighted by atomic mass is 16.5. The van der Waals surface area contributed by atoms with E-state index in [-0.39, 0.29) is 30.9 Å². The molecule has 1 aliphatic rings. The quantitative estimate of drug-likeness (QED) is 0.593. The van der Waals surface area contributed by atoms with E-state index in [1.807, 2.05) is 30.3 Å². The van der Waals surface area contributed by atoms with Crippen molar-refractivity contribution in [3.8, 4) is 0 Å². The van der Waals surface area contributed by atoms with Gasteiger partial charge >= 0.3 is 11.9 Å². The van der Waals surface area contributed by atoms with Gasteiger partial charge in [0.2, 0.25) is 5.91 Å². The van der Waals surface area contributed by atoms with Crippen LogP contribution < -0.4 is 5.32 Å². The normalized spacial score (nSPS) is 18.5. The zero-order valence-electron chi connectivity index (χ0n) is 16.6. The van der Waals surface area contributed by atoms with E-state index >= 15 is 0 Å². The smallest absolute Gasteiger partial charge is 0.323 e. The lowest BCUT2D eigenvalue weighted by atomic mass is 10.0. The van der Waals surface area contributed by atoms with Crippen molar-refractivity contribution >= 4 is 17.8 Å². The van der Waals surface area contributed by atoms with E-state index in [1.165, 1.54) is 0 Å². The fourth-order valence-corrected chi connectivity index (χ4v) is 3.63. The van der Waals surface area contributed by atoms with Crippen LogP contribution in [-0.2, 0) is 25.5 Å². The second-order valence-electron chi connectivity index (χ2n) is 7.14. The number of rotatable bonds is 10. The third-order valence-electron chi connectivity index (χ3n) is 5.03. The summed E-state index contributed by atoms with van der Waals surface area (Å²) in [5.74, 6) is -1.45. The minimum absolute atomic E-state index is 0.0478. The van der Waals surface area contributed by atoms with Gasteiger partial charge in [0.25, 0.3) is 0 Å². The Bertz CT molecular complexity index is 664. The van der Waals surface area contributed by atoms with Gasteiger partial charge in [0.1, 0.15) is 6.04 Å². The van der Waals surface area contributed by atoms with Gasteiger partial charge in [0.05, 0.1) is 19.1 Å². The molecule has 3 atom stereocenters. The van der Waals surface area contributed by atoms with Crippen molar-refractivity contribution in [1.29, 1.82) is 0 Å². The Balaban J connectivity index is 1.99. The number of hydrogen-bond acceptors (Lipinski definition) is 5. The summed E-state index contributed by atoms with van der Waals surface area (Å²) >= 11 is 0. The van der Waals surface area contributed by atoms with E-state index in [0.29, 0.717) is 25.8 Å². The van der Waals surface area contributed by atoms with Crippen molar-refractivity contribution in [2.45, 2.75) is 64.1 Å². The first-order valence-electron chi connectivity index (χ1n) is 9.91. The molecule has 0 aromatic heterocycles. The van der Waals surface area contributed by atoms with E-state index in [2.05, 4.69) is 5.32 Å². The molecule has 1 aromatic rings. The first kappa shape index (κ1) is 21.9. The predicted octanol–water partition coefficient (Wildman–Crippen LogP) is 1.99. The largest absolute Gasteiger partial charge is 0.481 e. The summed E-state index contributed by atoms with van der Waals surface area (Å²) in [5.41, 5.74) is 1.11. The predicted molar refractivity (Wildman–Crippen MR) is 105 cm³/mol. The lowest BCUT2D eigenvalue weighted by molar-refractivity contribution is -0.146. The monoisotopic (exact) mass is 390 g/mol. The molecule has 1 saturated heterocycles. The third kappa shape index (κ3) is 6.34. The topological polar surface area (TPSA) is 95.9 Å². The summed E-state index contributed by atoms with van der Waals surface area (Å²) in [6.07, 6.45) is 2.64. The molecular formula is C21H30N2O5. The Hall–Kier alpha value is -2.41. The second kappa shape index (κ2) is 10.8. The highest BCUT2D eigenvalue weighted by Crippen LogP contribution is 2.21. The molecule has 0 aliphatic carbocycles. The first-order chi connectivity index (χ1) is 13.4. The van der Waals surface area contributed by atoms with Crippen molar-refractivity contribution in [1.82, 2.24) is 10.2 Å². The molecule has 0 spiro atoms. The number of amides is 1. The van der Waals surface area contributed by atoms with E-state index in [4.69, 9.17) is 9.84 Å². The van der Waals surface area contributed by atoms with Gasteiger partial charge in [-0.2, -0.15) is 0 Å². The Morgan fingerprint density at radius 2 is 2.00 bits per heavy atom. The molecule has 1 heterocycles. The van der Waals surface area contributed by atoms with Crippen LogP contribution in [0.1, 0.15) is 45.1 Å². The van der Waals surface area contributed by atoms with E-state index in [0.717, 1.165) is 12.0 Å². The number of carboxylic acids is 1. The standard InChI is InChI=1S/C21H30N2O5/c1-3-28-21(27)18(12-11-16-8-5-4-6-9-16)22-15(2)20(26)23-13-7-10-17(23)14-19(24)25/h4-6,8-9,15,17-18,22H,3,7,10-14H2,1-2H3,(H,24,25)/t15-,17-,18-/m0/s1. The number of nitrogens with one attached hydrogen (secondary N) is 1. The fraction of sp³-hybridized carbons (Fsp3) is 0.571. The number of aryl methyl sites for hydroxylation is 1. The zero-order valence-corrected chi connectivity index (χ0v) is 16.6. The van der Waals surface area contributed by atoms with Gasteiger partial charge in [-0.25, -0.2) is 0 Å². The lowest BCUT2D eigenvalue weighted by Gasteiger charge is -2.29. The number of likely N-dealkylation sites (tertiary alicyclic amines) is 1. The van der Waals surface area contributed by atoms with Gasteiger partial charge in [0, 0.05) is 12.6 Å². The van der Waals surface area contributed by atoms with Gasteiger partial charge in [-0.1, -0.05) is 30.3 Å². The van der Waals surface area contributed by atoms with Gasteiger partial charge in [-0.15, -0.1) is 0 Å². The summed E-state index contributed by atoms with van der Waals surface area (Å²) in [4.78, 5) is 37.9. The molecule has 0 bridgehead atoms. The van der Waals surface area contributed by atoms with Crippen LogP contribution in [0.15, 0.2) is 30.3 Å². The molecule has 0 radical (unpaired) electrons. The fourth-order valence-electron chi connectivity index (χ4n) is 3.63. The number of carbonyl (C=O) groups is 3. The minimum Gasteiger partial charge on any atom is -0.481 e. The molecular weight excluding hydrogens is 360 g/mol. The number of esters is 1. The highest BCUT2D eigenvalue weighted by molar-refractivity contribution is 5.84. The summed E-state index contributed by atoms with van der Waals surface area (Å²) in [7, 11) is 0. The Morgan fingerprint density at radius 3 is 2.64 bits per heavy atom. The average Bonchev–Trinajstić information content (AvgIpc) is 3.12. The molecule has 0 unspecified atom stereocenters. The molecule has 2 rings (SSSR count). The van der Waals surface area contributed by atoms with Crippen LogP contribution in [0.5, 0.6) is 0 Å². The maximum Gasteiger partial charge on any atom is 0.323 e. The van der Waals surface area contributed by atoms with Gasteiger partial charge in [-0.05, 0) is 45.1 Å². The van der Waals surface area contributed by atoms with Crippen LogP contribution in [0, 0.1) is 0 Å². The molecule has 1 aliphatic heterocycles. The maximum absolute atomic E-state index is 12.8.